The Balaban J connectivity index is 0. The van der Waals surface area contributed by atoms with Crippen molar-refractivity contribution in [2.75, 3.05) is 20.7 Å². The number of nitrogens with zero attached hydrogens (tertiary/aromatic N) is 1. The molecule has 7 nitrogen and oxygen atoms in total. The number of likely N-dealkylation sites (N-methyl/N-ethyl adjacent to an activating group) is 1. The molecule has 0 fully saturated rings. The van der Waals surface area contributed by atoms with E-state index in [1.54, 1.807) is 0 Å². The van der Waals surface area contributed by atoms with Gasteiger partial charge in [0, 0.05) is 0 Å². The average Bonchev–Trinajstić information content (AvgIpc) is 2.59. The van der Waals surface area contributed by atoms with Crippen molar-refractivity contribution >= 4 is 17.9 Å². The van der Waals surface area contributed by atoms with Gasteiger partial charge in [0.15, 0.2) is 0 Å². The molecule has 0 aliphatic rings. The maximum atomic E-state index is 12.0. The molecule has 166 valence electrons. The van der Waals surface area contributed by atoms with Crippen molar-refractivity contribution in [1.82, 2.24) is 4.90 Å². The van der Waals surface area contributed by atoms with E-state index in [0.29, 0.717) is 6.61 Å². The number of carbonyl (C=O) groups excluding carboxylic acids is 1. The molecule has 0 rings (SSSR count). The van der Waals surface area contributed by atoms with E-state index in [-0.39, 0.29) is 17.9 Å². The second-order valence-corrected chi connectivity index (χ2v) is 7.61. The van der Waals surface area contributed by atoms with Crippen LogP contribution < -0.4 is 0 Å². The molecule has 0 aliphatic heterocycles. The first-order valence-electron chi connectivity index (χ1n) is 10.4. The van der Waals surface area contributed by atoms with Crippen molar-refractivity contribution in [2.24, 2.45) is 5.92 Å². The lowest BCUT2D eigenvalue weighted by molar-refractivity contribution is -0.159. The minimum absolute atomic E-state index is 0.0732. The van der Waals surface area contributed by atoms with Crippen LogP contribution in [0.2, 0.25) is 0 Å². The molecule has 0 saturated carbocycles. The normalized spacial score (nSPS) is 11.7. The molecule has 0 saturated heterocycles. The van der Waals surface area contributed by atoms with Crippen LogP contribution in [0.4, 0.5) is 0 Å². The molecule has 0 amide bonds. The molecule has 0 aromatic carbocycles. The first-order valence-corrected chi connectivity index (χ1v) is 10.4. The summed E-state index contributed by atoms with van der Waals surface area (Å²) in [4.78, 5) is 32.2. The van der Waals surface area contributed by atoms with Crippen LogP contribution in [0.3, 0.4) is 0 Å². The Morgan fingerprint density at radius 3 is 1.50 bits per heavy atom. The zero-order chi connectivity index (χ0) is 21.9. The molecule has 0 heterocycles. The van der Waals surface area contributed by atoms with Crippen LogP contribution in [0, 0.1) is 5.92 Å². The number of rotatable bonds is 14. The third-order valence-corrected chi connectivity index (χ3v) is 4.35. The third-order valence-electron chi connectivity index (χ3n) is 4.35. The fraction of sp³-hybridized carbons (Fsp3) is 0.857. The van der Waals surface area contributed by atoms with E-state index in [4.69, 9.17) is 24.5 Å². The van der Waals surface area contributed by atoms with Crippen molar-refractivity contribution < 1.29 is 29.3 Å². The van der Waals surface area contributed by atoms with Crippen LogP contribution in [0.1, 0.15) is 85.0 Å². The fourth-order valence-corrected chi connectivity index (χ4v) is 2.93. The van der Waals surface area contributed by atoms with E-state index in [1.165, 1.54) is 57.8 Å². The number of esters is 1. The number of unbranched alkanes of at least 4 members (excludes halogenated alkanes) is 9. The maximum Gasteiger partial charge on any atom is 0.414 e. The molecular weight excluding hydrogens is 362 g/mol. The molecule has 1 atom stereocenters. The fourth-order valence-electron chi connectivity index (χ4n) is 2.93. The van der Waals surface area contributed by atoms with E-state index >= 15 is 0 Å². The van der Waals surface area contributed by atoms with Gasteiger partial charge in [0.2, 0.25) is 0 Å². The standard InChI is InChI=1S/C19H39NO2.C2H2O4/c1-6-7-8-9-10-11-12-13-14-15-16-22-19(21)18(17(2)3)20(4)5;3-1(4)2(5)6/h17-18H,6-16H2,1-5H3;(H,3,4)(H,5,6). The van der Waals surface area contributed by atoms with Crippen LogP contribution in [0.15, 0.2) is 0 Å². The van der Waals surface area contributed by atoms with Crippen LogP contribution in [-0.4, -0.2) is 59.8 Å². The van der Waals surface area contributed by atoms with Gasteiger partial charge in [-0.1, -0.05) is 78.6 Å². The number of hydrogen-bond donors (Lipinski definition) is 2. The second-order valence-electron chi connectivity index (χ2n) is 7.61. The van der Waals surface area contributed by atoms with Gasteiger partial charge in [0.25, 0.3) is 0 Å². The largest absolute Gasteiger partial charge is 0.473 e. The summed E-state index contributed by atoms with van der Waals surface area (Å²) in [7, 11) is 3.87. The molecule has 0 aliphatic carbocycles. The van der Waals surface area contributed by atoms with Crippen molar-refractivity contribution in [1.29, 1.82) is 0 Å². The summed E-state index contributed by atoms with van der Waals surface area (Å²) in [5.41, 5.74) is 0. The number of carbonyl (C=O) groups is 3. The Labute approximate surface area is 170 Å². The summed E-state index contributed by atoms with van der Waals surface area (Å²) in [6, 6.07) is -0.122. The highest BCUT2D eigenvalue weighted by Gasteiger charge is 2.25. The second kappa shape index (κ2) is 18.7. The Hall–Kier alpha value is -1.63. The SMILES string of the molecule is CCCCCCCCCCCCOC(=O)C(C(C)C)N(C)C.O=C(O)C(=O)O. The van der Waals surface area contributed by atoms with Crippen LogP contribution >= 0.6 is 0 Å². The third kappa shape index (κ3) is 17.8. The summed E-state index contributed by atoms with van der Waals surface area (Å²) >= 11 is 0. The van der Waals surface area contributed by atoms with Gasteiger partial charge in [-0.25, -0.2) is 9.59 Å². The molecule has 2 N–H and O–H groups in total. The highest BCUT2D eigenvalue weighted by molar-refractivity contribution is 6.27. The summed E-state index contributed by atoms with van der Waals surface area (Å²) in [6.45, 7) is 6.96. The highest BCUT2D eigenvalue weighted by Crippen LogP contribution is 2.12. The predicted octanol–water partition coefficient (Wildman–Crippen LogP) is 4.19. The molecular formula is C21H41NO6. The van der Waals surface area contributed by atoms with Crippen molar-refractivity contribution in [2.45, 2.75) is 91.0 Å². The van der Waals surface area contributed by atoms with E-state index in [0.717, 1.165) is 6.42 Å². The predicted molar refractivity (Wildman–Crippen MR) is 110 cm³/mol. The zero-order valence-corrected chi connectivity index (χ0v) is 18.4. The molecule has 7 heteroatoms. The zero-order valence-electron chi connectivity index (χ0n) is 18.4. The number of aliphatic carboxylic acids is 2. The van der Waals surface area contributed by atoms with Gasteiger partial charge in [0.1, 0.15) is 6.04 Å². The Kier molecular flexibility index (Phi) is 19.1. The molecule has 0 aromatic rings. The van der Waals surface area contributed by atoms with Crippen molar-refractivity contribution in [3.63, 3.8) is 0 Å². The highest BCUT2D eigenvalue weighted by atomic mass is 16.5. The molecule has 1 unspecified atom stereocenters. The van der Waals surface area contributed by atoms with Crippen molar-refractivity contribution in [3.8, 4) is 0 Å². The lowest BCUT2D eigenvalue weighted by Gasteiger charge is -2.25. The Morgan fingerprint density at radius 2 is 1.18 bits per heavy atom. The van der Waals surface area contributed by atoms with Gasteiger partial charge >= 0.3 is 17.9 Å². The van der Waals surface area contributed by atoms with Crippen LogP contribution in [0.5, 0.6) is 0 Å². The number of ether oxygens (including phenoxy) is 1. The molecule has 0 spiro atoms. The summed E-state index contributed by atoms with van der Waals surface area (Å²) in [6.07, 6.45) is 13.0. The van der Waals surface area contributed by atoms with Gasteiger partial charge in [-0.15, -0.1) is 0 Å². The Morgan fingerprint density at radius 1 is 0.786 bits per heavy atom. The lowest BCUT2D eigenvalue weighted by atomic mass is 10.0. The molecule has 0 bridgehead atoms. The van der Waals surface area contributed by atoms with Crippen LogP contribution in [0.25, 0.3) is 0 Å². The summed E-state index contributed by atoms with van der Waals surface area (Å²) in [5, 5.41) is 14.8. The van der Waals surface area contributed by atoms with Gasteiger partial charge in [-0.3, -0.25) is 9.69 Å². The van der Waals surface area contributed by atoms with E-state index in [2.05, 4.69) is 20.8 Å². The van der Waals surface area contributed by atoms with Gasteiger partial charge < -0.3 is 14.9 Å². The number of carboxylic acids is 2. The van der Waals surface area contributed by atoms with E-state index in [9.17, 15) is 4.79 Å². The van der Waals surface area contributed by atoms with Gasteiger partial charge in [-0.2, -0.15) is 0 Å². The summed E-state index contributed by atoms with van der Waals surface area (Å²) < 4.78 is 5.42. The quantitative estimate of drug-likeness (QED) is 0.254. The Bertz CT molecular complexity index is 403. The first-order chi connectivity index (χ1) is 13.1. The first kappa shape index (κ1) is 28.6. The van der Waals surface area contributed by atoms with E-state index < -0.39 is 11.9 Å². The average molecular weight is 404 g/mol. The molecule has 0 aromatic heterocycles. The minimum Gasteiger partial charge on any atom is -0.473 e. The molecule has 0 radical (unpaired) electrons. The van der Waals surface area contributed by atoms with Gasteiger partial charge in [0.05, 0.1) is 6.61 Å². The molecule has 28 heavy (non-hydrogen) atoms. The topological polar surface area (TPSA) is 104 Å². The monoisotopic (exact) mass is 403 g/mol. The number of hydrogen-bond acceptors (Lipinski definition) is 5. The summed E-state index contributed by atoms with van der Waals surface area (Å²) in [5.74, 6) is -3.43. The van der Waals surface area contributed by atoms with Crippen LogP contribution in [-0.2, 0) is 19.1 Å². The minimum atomic E-state index is -1.82. The van der Waals surface area contributed by atoms with E-state index in [1.807, 2.05) is 19.0 Å². The van der Waals surface area contributed by atoms with Gasteiger partial charge in [-0.05, 0) is 26.4 Å². The van der Waals surface area contributed by atoms with Crippen molar-refractivity contribution in [3.05, 3.63) is 0 Å². The smallest absolute Gasteiger partial charge is 0.414 e. The lowest BCUT2D eigenvalue weighted by Crippen LogP contribution is -2.41. The number of carboxylic acid groups (broad SMARTS) is 2. The maximum absolute atomic E-state index is 12.0.